The fourth-order valence-corrected chi connectivity index (χ4v) is 5.08. The second kappa shape index (κ2) is 11.5. The fourth-order valence-electron chi connectivity index (χ4n) is 4.96. The molecular formula is C29H33ClN6O4. The van der Waals surface area contributed by atoms with Gasteiger partial charge in [-0.25, -0.2) is 14.5 Å². The van der Waals surface area contributed by atoms with Gasteiger partial charge in [-0.1, -0.05) is 37.6 Å². The van der Waals surface area contributed by atoms with Crippen LogP contribution in [0.15, 0.2) is 47.5 Å². The monoisotopic (exact) mass is 564 g/mol. The molecule has 210 valence electrons. The molecule has 3 aromatic heterocycles. The van der Waals surface area contributed by atoms with Crippen LogP contribution in [0, 0.1) is 6.92 Å². The molecule has 0 amide bonds. The van der Waals surface area contributed by atoms with Crippen LogP contribution in [0.2, 0.25) is 5.02 Å². The first-order chi connectivity index (χ1) is 18.9. The minimum Gasteiger partial charge on any atom is -0.479 e. The number of aromatic nitrogens is 5. The Labute approximate surface area is 237 Å². The van der Waals surface area contributed by atoms with Crippen molar-refractivity contribution in [1.82, 2.24) is 24.3 Å². The van der Waals surface area contributed by atoms with Crippen LogP contribution >= 0.6 is 11.6 Å². The van der Waals surface area contributed by atoms with Crippen molar-refractivity contribution < 1.29 is 14.6 Å². The van der Waals surface area contributed by atoms with Gasteiger partial charge >= 0.3 is 5.97 Å². The molecule has 11 heteroatoms. The van der Waals surface area contributed by atoms with Crippen LogP contribution in [0.1, 0.15) is 64.1 Å². The van der Waals surface area contributed by atoms with E-state index in [-0.39, 0.29) is 29.5 Å². The molecule has 0 saturated carbocycles. The maximum Gasteiger partial charge on any atom is 0.356 e. The van der Waals surface area contributed by atoms with Gasteiger partial charge < -0.3 is 19.3 Å². The average Bonchev–Trinajstić information content (AvgIpc) is 3.31. The van der Waals surface area contributed by atoms with Crippen molar-refractivity contribution in [3.05, 3.63) is 91.7 Å². The summed E-state index contributed by atoms with van der Waals surface area (Å²) in [6.45, 7) is 5.85. The second-order valence-electron chi connectivity index (χ2n) is 10.2. The summed E-state index contributed by atoms with van der Waals surface area (Å²) < 4.78 is 8.69. The normalized spacial score (nSPS) is 12.0. The number of ether oxygens (including phenoxy) is 1. The van der Waals surface area contributed by atoms with E-state index in [1.54, 1.807) is 45.7 Å². The van der Waals surface area contributed by atoms with Gasteiger partial charge in [-0.3, -0.25) is 4.79 Å². The summed E-state index contributed by atoms with van der Waals surface area (Å²) >= 11 is 6.21. The average molecular weight is 565 g/mol. The zero-order valence-corrected chi connectivity index (χ0v) is 24.4. The Morgan fingerprint density at radius 1 is 1.20 bits per heavy atom. The third-order valence-corrected chi connectivity index (χ3v) is 6.94. The van der Waals surface area contributed by atoms with E-state index in [1.165, 1.54) is 7.11 Å². The van der Waals surface area contributed by atoms with E-state index in [0.717, 1.165) is 11.1 Å². The van der Waals surface area contributed by atoms with E-state index >= 15 is 0 Å². The van der Waals surface area contributed by atoms with Crippen LogP contribution in [0.5, 0.6) is 5.88 Å². The number of anilines is 1. The molecule has 1 unspecified atom stereocenters. The summed E-state index contributed by atoms with van der Waals surface area (Å²) in [7, 11) is 6.83. The standard InChI is InChI=1S/C29H33ClN6O4/c1-16(2)25-23(24(28(38)39)33-36(25)22-14-31-29(34(4)5)32-26(22)40-7)21(18-8-10-20(30)11-9-18)13-19-12-17(3)15-35(6)27(19)37/h8-12,14-16,21H,13H2,1-7H3,(H,38,39). The quantitative estimate of drug-likeness (QED) is 0.314. The highest BCUT2D eigenvalue weighted by Gasteiger charge is 2.33. The maximum atomic E-state index is 13.2. The van der Waals surface area contributed by atoms with Crippen molar-refractivity contribution in [2.75, 3.05) is 26.1 Å². The fraction of sp³-hybridized carbons (Fsp3) is 0.345. The molecule has 0 radical (unpaired) electrons. The predicted octanol–water partition coefficient (Wildman–Crippen LogP) is 4.59. The Hall–Kier alpha value is -4.18. The Bertz CT molecular complexity index is 1610. The van der Waals surface area contributed by atoms with E-state index in [2.05, 4.69) is 15.1 Å². The van der Waals surface area contributed by atoms with Gasteiger partial charge in [0.2, 0.25) is 11.8 Å². The molecule has 40 heavy (non-hydrogen) atoms. The number of carboxylic acid groups (broad SMARTS) is 1. The number of hydrogen-bond donors (Lipinski definition) is 1. The topological polar surface area (TPSA) is 115 Å². The van der Waals surface area contributed by atoms with E-state index in [0.29, 0.717) is 33.5 Å². The predicted molar refractivity (Wildman–Crippen MR) is 155 cm³/mol. The molecule has 0 fully saturated rings. The summed E-state index contributed by atoms with van der Waals surface area (Å²) in [6, 6.07) is 9.08. The number of aryl methyl sites for hydroxylation is 2. The summed E-state index contributed by atoms with van der Waals surface area (Å²) in [4.78, 5) is 36.6. The first kappa shape index (κ1) is 28.8. The van der Waals surface area contributed by atoms with E-state index in [1.807, 2.05) is 53.1 Å². The number of aromatic carboxylic acids is 1. The van der Waals surface area contributed by atoms with Gasteiger partial charge in [0.05, 0.1) is 19.0 Å². The third-order valence-electron chi connectivity index (χ3n) is 6.69. The largest absolute Gasteiger partial charge is 0.479 e. The summed E-state index contributed by atoms with van der Waals surface area (Å²) in [6.07, 6.45) is 3.60. The lowest BCUT2D eigenvalue weighted by atomic mass is 9.82. The zero-order valence-electron chi connectivity index (χ0n) is 23.6. The molecule has 4 aromatic rings. The van der Waals surface area contributed by atoms with E-state index in [4.69, 9.17) is 16.3 Å². The molecule has 10 nitrogen and oxygen atoms in total. The van der Waals surface area contributed by atoms with Crippen molar-refractivity contribution >= 4 is 23.5 Å². The smallest absolute Gasteiger partial charge is 0.356 e. The molecular weight excluding hydrogens is 532 g/mol. The van der Waals surface area contributed by atoms with Crippen LogP contribution in [0.3, 0.4) is 0 Å². The maximum absolute atomic E-state index is 13.2. The number of carboxylic acids is 1. The molecule has 1 N–H and O–H groups in total. The minimum atomic E-state index is -1.18. The van der Waals surface area contributed by atoms with Gasteiger partial charge in [0.15, 0.2) is 5.69 Å². The van der Waals surface area contributed by atoms with Gasteiger partial charge in [0.1, 0.15) is 5.69 Å². The molecule has 0 aliphatic rings. The lowest BCUT2D eigenvalue weighted by molar-refractivity contribution is 0.0688. The number of hydrogen-bond acceptors (Lipinski definition) is 7. The first-order valence-corrected chi connectivity index (χ1v) is 13.2. The number of methoxy groups -OCH3 is 1. The summed E-state index contributed by atoms with van der Waals surface area (Å²) in [5, 5.41) is 15.5. The van der Waals surface area contributed by atoms with Crippen LogP contribution in [0.25, 0.3) is 5.69 Å². The number of carbonyl (C=O) groups is 1. The van der Waals surface area contributed by atoms with Crippen molar-refractivity contribution in [3.63, 3.8) is 0 Å². The molecule has 0 aliphatic heterocycles. The van der Waals surface area contributed by atoms with Crippen molar-refractivity contribution in [1.29, 1.82) is 0 Å². The van der Waals surface area contributed by atoms with Gasteiger partial charge in [0.25, 0.3) is 5.56 Å². The molecule has 3 heterocycles. The highest BCUT2D eigenvalue weighted by molar-refractivity contribution is 6.30. The molecule has 1 atom stereocenters. The van der Waals surface area contributed by atoms with Crippen LogP contribution in [-0.2, 0) is 13.5 Å². The third kappa shape index (κ3) is 5.58. The number of rotatable bonds is 9. The van der Waals surface area contributed by atoms with Gasteiger partial charge in [0, 0.05) is 49.4 Å². The molecule has 0 spiro atoms. The Morgan fingerprint density at radius 2 is 1.88 bits per heavy atom. The first-order valence-electron chi connectivity index (χ1n) is 12.8. The lowest BCUT2D eigenvalue weighted by Gasteiger charge is -2.22. The minimum absolute atomic E-state index is 0.119. The molecule has 4 rings (SSSR count). The van der Waals surface area contributed by atoms with Gasteiger partial charge in [-0.05, 0) is 48.6 Å². The molecule has 0 aliphatic carbocycles. The van der Waals surface area contributed by atoms with Crippen molar-refractivity contribution in [2.24, 2.45) is 7.05 Å². The van der Waals surface area contributed by atoms with Crippen LogP contribution < -0.4 is 15.2 Å². The van der Waals surface area contributed by atoms with Crippen LogP contribution in [-0.4, -0.2) is 56.6 Å². The summed E-state index contributed by atoms with van der Waals surface area (Å²) in [5.74, 6) is -1.17. The zero-order chi connectivity index (χ0) is 29.3. The number of benzene rings is 1. The Morgan fingerprint density at radius 3 is 2.45 bits per heavy atom. The van der Waals surface area contributed by atoms with E-state index in [9.17, 15) is 14.7 Å². The molecule has 1 aromatic carbocycles. The van der Waals surface area contributed by atoms with Crippen molar-refractivity contribution in [2.45, 2.75) is 39.0 Å². The van der Waals surface area contributed by atoms with Crippen LogP contribution in [0.4, 0.5) is 5.95 Å². The Kier molecular flexibility index (Phi) is 8.29. The van der Waals surface area contributed by atoms with Gasteiger partial charge in [-0.15, -0.1) is 0 Å². The SMILES string of the molecule is COc1nc(N(C)C)ncc1-n1nc(C(=O)O)c(C(Cc2cc(C)cn(C)c2=O)c2ccc(Cl)cc2)c1C(C)C. The highest BCUT2D eigenvalue weighted by Crippen LogP contribution is 2.39. The number of nitrogens with zero attached hydrogens (tertiary/aromatic N) is 6. The highest BCUT2D eigenvalue weighted by atomic mass is 35.5. The number of pyridine rings is 1. The van der Waals surface area contributed by atoms with Crippen molar-refractivity contribution in [3.8, 4) is 11.6 Å². The van der Waals surface area contributed by atoms with Gasteiger partial charge in [-0.2, -0.15) is 10.1 Å². The lowest BCUT2D eigenvalue weighted by Crippen LogP contribution is -2.23. The van der Waals surface area contributed by atoms with E-state index < -0.39 is 11.9 Å². The number of halogens is 1. The molecule has 0 bridgehead atoms. The Balaban J connectivity index is 2.04. The summed E-state index contributed by atoms with van der Waals surface area (Å²) in [5.41, 5.74) is 3.61. The second-order valence-corrected chi connectivity index (χ2v) is 10.7. The molecule has 0 saturated heterocycles.